The van der Waals surface area contributed by atoms with Crippen LogP contribution in [0.3, 0.4) is 0 Å². The summed E-state index contributed by atoms with van der Waals surface area (Å²) in [5, 5.41) is 2.73. The van der Waals surface area contributed by atoms with Gasteiger partial charge in [-0.1, -0.05) is 18.2 Å². The molecular formula is C16H24N2O4S. The van der Waals surface area contributed by atoms with Gasteiger partial charge in [0.05, 0.1) is 16.7 Å². The Balaban J connectivity index is 1.73. The monoisotopic (exact) mass is 340 g/mol. The smallest absolute Gasteiger partial charge is 0.237 e. The van der Waals surface area contributed by atoms with Crippen molar-refractivity contribution in [1.29, 1.82) is 0 Å². The Morgan fingerprint density at radius 1 is 1.26 bits per heavy atom. The Labute approximate surface area is 137 Å². The van der Waals surface area contributed by atoms with E-state index in [9.17, 15) is 13.2 Å². The fraction of sp³-hybridized carbons (Fsp3) is 0.562. The van der Waals surface area contributed by atoms with Gasteiger partial charge in [0.25, 0.3) is 0 Å². The molecule has 1 amide bonds. The quantitative estimate of drug-likeness (QED) is 0.713. The Kier molecular flexibility index (Phi) is 6.56. The number of nitrogens with one attached hydrogen (secondary N) is 1. The molecule has 1 fully saturated rings. The van der Waals surface area contributed by atoms with Crippen LogP contribution < -0.4 is 11.1 Å². The highest BCUT2D eigenvalue weighted by atomic mass is 32.2. The van der Waals surface area contributed by atoms with Gasteiger partial charge in [-0.2, -0.15) is 0 Å². The van der Waals surface area contributed by atoms with E-state index >= 15 is 0 Å². The Bertz CT molecular complexity index is 598. The van der Waals surface area contributed by atoms with Crippen LogP contribution in [-0.2, 0) is 19.4 Å². The zero-order chi connectivity index (χ0) is 16.7. The summed E-state index contributed by atoms with van der Waals surface area (Å²) >= 11 is 0. The lowest BCUT2D eigenvalue weighted by Gasteiger charge is -2.26. The summed E-state index contributed by atoms with van der Waals surface area (Å²) in [5.41, 5.74) is 5.97. The molecule has 6 nitrogen and oxygen atoms in total. The van der Waals surface area contributed by atoms with Gasteiger partial charge in [0.2, 0.25) is 5.91 Å². The first-order chi connectivity index (χ1) is 11.0. The van der Waals surface area contributed by atoms with Crippen LogP contribution in [0.5, 0.6) is 0 Å². The molecule has 23 heavy (non-hydrogen) atoms. The third-order valence-electron chi connectivity index (χ3n) is 4.07. The van der Waals surface area contributed by atoms with E-state index in [0.717, 1.165) is 12.8 Å². The van der Waals surface area contributed by atoms with Gasteiger partial charge in [-0.25, -0.2) is 8.42 Å². The lowest BCUT2D eigenvalue weighted by Crippen LogP contribution is -2.47. The maximum Gasteiger partial charge on any atom is 0.237 e. The number of hydrogen-bond acceptors (Lipinski definition) is 5. The van der Waals surface area contributed by atoms with Gasteiger partial charge in [0, 0.05) is 19.8 Å². The number of benzene rings is 1. The van der Waals surface area contributed by atoms with E-state index in [4.69, 9.17) is 10.5 Å². The third kappa shape index (κ3) is 5.30. The highest BCUT2D eigenvalue weighted by Crippen LogP contribution is 2.17. The van der Waals surface area contributed by atoms with Crippen molar-refractivity contribution in [2.45, 2.75) is 30.2 Å². The molecule has 1 unspecified atom stereocenters. The van der Waals surface area contributed by atoms with Crippen LogP contribution in [0.2, 0.25) is 0 Å². The lowest BCUT2D eigenvalue weighted by atomic mass is 9.92. The number of rotatable bonds is 7. The second-order valence-corrected chi connectivity index (χ2v) is 7.86. The van der Waals surface area contributed by atoms with Crippen LogP contribution in [-0.4, -0.2) is 45.9 Å². The minimum Gasteiger partial charge on any atom is -0.381 e. The summed E-state index contributed by atoms with van der Waals surface area (Å²) < 4.78 is 29.5. The highest BCUT2D eigenvalue weighted by Gasteiger charge is 2.26. The van der Waals surface area contributed by atoms with Gasteiger partial charge in [-0.05, 0) is 37.3 Å². The zero-order valence-corrected chi connectivity index (χ0v) is 13.9. The molecule has 0 aromatic heterocycles. The third-order valence-corrected chi connectivity index (χ3v) is 5.88. The van der Waals surface area contributed by atoms with Crippen molar-refractivity contribution in [3.8, 4) is 0 Å². The average Bonchev–Trinajstić information content (AvgIpc) is 2.59. The fourth-order valence-electron chi connectivity index (χ4n) is 2.63. The minimum absolute atomic E-state index is 0.00377. The summed E-state index contributed by atoms with van der Waals surface area (Å²) in [6, 6.07) is 7.77. The largest absolute Gasteiger partial charge is 0.381 e. The Morgan fingerprint density at radius 3 is 2.57 bits per heavy atom. The molecule has 1 aliphatic rings. The number of nitrogens with two attached hydrogens (primary N) is 1. The van der Waals surface area contributed by atoms with E-state index in [1.165, 1.54) is 0 Å². The maximum absolute atomic E-state index is 12.1. The fourth-order valence-corrected chi connectivity index (χ4v) is 3.96. The SMILES string of the molecule is NC(C(=O)NCCCS(=O)(=O)c1ccccc1)C1CCOCC1. The van der Waals surface area contributed by atoms with Gasteiger partial charge in [-0.15, -0.1) is 0 Å². The van der Waals surface area contributed by atoms with Gasteiger partial charge in [0.1, 0.15) is 0 Å². The zero-order valence-electron chi connectivity index (χ0n) is 13.1. The lowest BCUT2D eigenvalue weighted by molar-refractivity contribution is -0.124. The van der Waals surface area contributed by atoms with Gasteiger partial charge in [-0.3, -0.25) is 4.79 Å². The molecule has 0 spiro atoms. The summed E-state index contributed by atoms with van der Waals surface area (Å²) in [5.74, 6) is -0.0742. The molecule has 1 heterocycles. The van der Waals surface area contributed by atoms with E-state index in [1.807, 2.05) is 0 Å². The van der Waals surface area contributed by atoms with Crippen molar-refractivity contribution in [2.75, 3.05) is 25.5 Å². The molecule has 0 bridgehead atoms. The summed E-state index contributed by atoms with van der Waals surface area (Å²) in [6.45, 7) is 1.59. The predicted octanol–water partition coefficient (Wildman–Crippen LogP) is 0.720. The number of amides is 1. The normalized spacial score (nSPS) is 17.6. The van der Waals surface area contributed by atoms with Crippen molar-refractivity contribution >= 4 is 15.7 Å². The summed E-state index contributed by atoms with van der Waals surface area (Å²) in [7, 11) is -3.30. The first-order valence-corrected chi connectivity index (χ1v) is 9.55. The van der Waals surface area contributed by atoms with Crippen molar-refractivity contribution in [3.05, 3.63) is 30.3 Å². The van der Waals surface area contributed by atoms with E-state index in [0.29, 0.717) is 31.1 Å². The van der Waals surface area contributed by atoms with Gasteiger partial charge < -0.3 is 15.8 Å². The first kappa shape index (κ1) is 17.9. The molecule has 7 heteroatoms. The summed E-state index contributed by atoms with van der Waals surface area (Å²) in [6.07, 6.45) is 1.94. The van der Waals surface area contributed by atoms with Crippen molar-refractivity contribution in [3.63, 3.8) is 0 Å². The number of ether oxygens (including phenoxy) is 1. The molecule has 2 rings (SSSR count). The average molecular weight is 340 g/mol. The Hall–Kier alpha value is -1.44. The molecule has 0 saturated carbocycles. The predicted molar refractivity (Wildman–Crippen MR) is 87.6 cm³/mol. The minimum atomic E-state index is -3.30. The topological polar surface area (TPSA) is 98.5 Å². The van der Waals surface area contributed by atoms with Crippen LogP contribution in [0.4, 0.5) is 0 Å². The van der Waals surface area contributed by atoms with E-state index in [1.54, 1.807) is 30.3 Å². The highest BCUT2D eigenvalue weighted by molar-refractivity contribution is 7.91. The number of sulfone groups is 1. The second kappa shape index (κ2) is 8.42. The Morgan fingerprint density at radius 2 is 1.91 bits per heavy atom. The van der Waals surface area contributed by atoms with E-state index < -0.39 is 15.9 Å². The van der Waals surface area contributed by atoms with Crippen LogP contribution in [0.15, 0.2) is 35.2 Å². The van der Waals surface area contributed by atoms with Gasteiger partial charge >= 0.3 is 0 Å². The van der Waals surface area contributed by atoms with Crippen molar-refractivity contribution < 1.29 is 17.9 Å². The molecule has 128 valence electrons. The molecule has 1 aromatic carbocycles. The van der Waals surface area contributed by atoms with E-state index in [2.05, 4.69) is 5.32 Å². The molecule has 0 radical (unpaired) electrons. The number of carbonyl (C=O) groups is 1. The molecule has 1 atom stereocenters. The number of carbonyl (C=O) groups excluding carboxylic acids is 1. The molecular weight excluding hydrogens is 316 g/mol. The second-order valence-electron chi connectivity index (χ2n) is 5.75. The standard InChI is InChI=1S/C16H24N2O4S/c17-15(13-7-10-22-11-8-13)16(19)18-9-4-12-23(20,21)14-5-2-1-3-6-14/h1-3,5-6,13,15H,4,7-12,17H2,(H,18,19). The van der Waals surface area contributed by atoms with Crippen LogP contribution in [0.25, 0.3) is 0 Å². The molecule has 1 saturated heterocycles. The van der Waals surface area contributed by atoms with Crippen molar-refractivity contribution in [1.82, 2.24) is 5.32 Å². The van der Waals surface area contributed by atoms with Gasteiger partial charge in [0.15, 0.2) is 9.84 Å². The molecule has 0 aliphatic carbocycles. The molecule has 1 aliphatic heterocycles. The number of hydrogen-bond donors (Lipinski definition) is 2. The van der Waals surface area contributed by atoms with Crippen LogP contribution >= 0.6 is 0 Å². The molecule has 1 aromatic rings. The van der Waals surface area contributed by atoms with Crippen LogP contribution in [0, 0.1) is 5.92 Å². The van der Waals surface area contributed by atoms with Crippen molar-refractivity contribution in [2.24, 2.45) is 11.7 Å². The van der Waals surface area contributed by atoms with E-state index in [-0.39, 0.29) is 17.6 Å². The van der Waals surface area contributed by atoms with Crippen LogP contribution in [0.1, 0.15) is 19.3 Å². The molecule has 3 N–H and O–H groups in total. The summed E-state index contributed by atoms with van der Waals surface area (Å²) in [4.78, 5) is 12.3. The first-order valence-electron chi connectivity index (χ1n) is 7.89. The maximum atomic E-state index is 12.1.